The maximum atomic E-state index is 11.5. The number of nitrogens with zero attached hydrogens (tertiary/aromatic N) is 7. The van der Waals surface area contributed by atoms with E-state index in [1.54, 1.807) is 49.4 Å². The molecule has 33 heteroatoms. The molecule has 30 nitrogen and oxygen atoms in total. The Morgan fingerprint density at radius 3 is 1.23 bits per heavy atom. The summed E-state index contributed by atoms with van der Waals surface area (Å²) in [6.45, 7) is 37.4. The van der Waals surface area contributed by atoms with Crippen molar-refractivity contribution in [3.63, 3.8) is 0 Å². The largest absolute Gasteiger partial charge is 0.397 e. The van der Waals surface area contributed by atoms with Gasteiger partial charge in [-0.2, -0.15) is 27.0 Å². The summed E-state index contributed by atoms with van der Waals surface area (Å²) >= 11 is 3.32. The molecule has 0 radical (unpaired) electrons. The van der Waals surface area contributed by atoms with Crippen LogP contribution in [-0.2, 0) is 0 Å². The van der Waals surface area contributed by atoms with Crippen molar-refractivity contribution in [1.82, 2.24) is 4.90 Å². The molecule has 0 aromatic heterocycles. The van der Waals surface area contributed by atoms with Crippen LogP contribution < -0.4 is 58.9 Å². The fraction of sp³-hybridized carbons (Fsp3) is 0.384. The van der Waals surface area contributed by atoms with Crippen LogP contribution in [0.25, 0.3) is 0 Å². The van der Waals surface area contributed by atoms with Gasteiger partial charge in [0.15, 0.2) is 28.9 Å². The smallest absolute Gasteiger partial charge is 0.295 e. The molecule has 5 aromatic rings. The number of aliphatic hydroxyl groups excluding tert-OH is 1. The molecule has 0 aliphatic carbocycles. The molecule has 0 bridgehead atoms. The van der Waals surface area contributed by atoms with E-state index in [2.05, 4.69) is 111 Å². The van der Waals surface area contributed by atoms with Gasteiger partial charge in [0, 0.05) is 115 Å². The molecule has 0 amide bonds. The highest BCUT2D eigenvalue weighted by Gasteiger charge is 2.31. The second-order valence-corrected chi connectivity index (χ2v) is 25.1. The number of nitrogens with two attached hydrogens (primary N) is 3. The number of nitro benzene ring substituents is 4. The number of rotatable bonds is 28. The first-order valence-corrected chi connectivity index (χ1v) is 34.5. The number of nitro groups is 4. The van der Waals surface area contributed by atoms with E-state index < -0.39 is 25.7 Å². The van der Waals surface area contributed by atoms with E-state index in [1.165, 1.54) is 83.7 Å². The molecule has 0 spiro atoms. The average Bonchev–Trinajstić information content (AvgIpc) is 0.815. The molecule has 0 saturated heterocycles. The summed E-state index contributed by atoms with van der Waals surface area (Å²) in [5, 5.41) is 73.1. The summed E-state index contributed by atoms with van der Waals surface area (Å²) < 4.78 is 0. The average molecular weight is 1570 g/mol. The Hall–Kier alpha value is -10.4. The van der Waals surface area contributed by atoms with Crippen LogP contribution >= 0.6 is 42.9 Å². The zero-order valence-electron chi connectivity index (χ0n) is 61.8. The number of Topliss-reactive ketones (excluding diaryl/α,β-unsaturated/α-hetero) is 5. The van der Waals surface area contributed by atoms with Crippen LogP contribution in [0.4, 0.5) is 85.3 Å². The van der Waals surface area contributed by atoms with Crippen LogP contribution in [0.5, 0.6) is 0 Å². The van der Waals surface area contributed by atoms with E-state index >= 15 is 0 Å². The highest BCUT2D eigenvalue weighted by atomic mass is 79.9. The minimum absolute atomic E-state index is 0. The van der Waals surface area contributed by atoms with Crippen molar-refractivity contribution < 1.29 is 48.8 Å². The number of benzene rings is 5. The Balaban J connectivity index is 0.000000644. The Kier molecular flexibility index (Phi) is 40.5. The van der Waals surface area contributed by atoms with Gasteiger partial charge in [0.2, 0.25) is 0 Å². The predicted molar refractivity (Wildman–Crippen MR) is 443 cm³/mol. The van der Waals surface area contributed by atoms with Crippen molar-refractivity contribution in [2.24, 2.45) is 0 Å². The summed E-state index contributed by atoms with van der Waals surface area (Å²) in [6, 6.07) is 14.8. The summed E-state index contributed by atoms with van der Waals surface area (Å²) in [4.78, 5) is 106. The normalized spacial score (nSPS) is 14.4. The third-order valence-electron chi connectivity index (χ3n) is 16.6. The van der Waals surface area contributed by atoms with Gasteiger partial charge in [-0.15, -0.1) is 32.9 Å². The van der Waals surface area contributed by atoms with Gasteiger partial charge in [-0.05, 0) is 123 Å². The van der Waals surface area contributed by atoms with Crippen LogP contribution in [0.1, 0.15) is 139 Å². The Bertz CT molecular complexity index is 3890. The predicted octanol–water partition coefficient (Wildman–Crippen LogP) is 13.9. The van der Waals surface area contributed by atoms with Gasteiger partial charge in [-0.25, -0.2) is 0 Å². The molecular weight excluding hydrogens is 1470 g/mol. The molecule has 0 fully saturated rings. The van der Waals surface area contributed by atoms with E-state index in [-0.39, 0.29) is 137 Å². The summed E-state index contributed by atoms with van der Waals surface area (Å²) in [5.74, 6) is -0.921. The summed E-state index contributed by atoms with van der Waals surface area (Å²) in [5.41, 5.74) is 24.1. The highest BCUT2D eigenvalue weighted by molar-refractivity contribution is 9.09. The first kappa shape index (κ1) is 93.7. The molecule has 0 saturated carbocycles. The van der Waals surface area contributed by atoms with Crippen LogP contribution in [-0.4, -0.2) is 154 Å². The lowest BCUT2D eigenvalue weighted by Gasteiger charge is -2.35. The maximum Gasteiger partial charge on any atom is 0.295 e. The van der Waals surface area contributed by atoms with E-state index in [9.17, 15) is 69.5 Å². The number of likely N-dealkylation sites (N-methyl/N-ethyl adjacent to an activating group) is 2. The lowest BCUT2D eigenvalue weighted by molar-refractivity contribution is -0.384. The lowest BCUT2D eigenvalue weighted by atomic mass is 10.0. The van der Waals surface area contributed by atoms with Crippen molar-refractivity contribution in [2.45, 2.75) is 118 Å². The maximum absolute atomic E-state index is 11.5. The Morgan fingerprint density at radius 1 is 0.528 bits per heavy atom. The number of alkyl halides is 1. The molecule has 13 N–H and O–H groups in total. The van der Waals surface area contributed by atoms with Crippen LogP contribution in [0.2, 0.25) is 0 Å². The Morgan fingerprint density at radius 2 is 0.858 bits per heavy atom. The second-order valence-electron chi connectivity index (χ2n) is 24.4. The van der Waals surface area contributed by atoms with Crippen molar-refractivity contribution in [1.29, 1.82) is 0 Å². The van der Waals surface area contributed by atoms with E-state index in [4.69, 9.17) is 17.2 Å². The zero-order valence-corrected chi connectivity index (χ0v) is 65.4. The molecule has 8 rings (SSSR count). The standard InChI is InChI=1S/C14H17N3O3.C14H19N3O.C13H16BrN3O3.C13H17N3O4.C13H15N3O3.C6H15N.2H2S/c1-4-5-11-8-16(3)12-6-10(9(2)18)7-13(17(19)20)14(12)15-11;1-4-5-11-8-17(3)13-7-10(9(2)18)6-12(15)14(13)16-11;1-3-4-10(7-14)16-13-11(15)5-9(8(2)18)6-12(13)17(19)20;1-3-4-10(7-17)15-13-11(14)5-9(8(2)18)6-12(13)16(19)20;1-3-4-10-7-14-11-5-9(8(2)17)6-12(16(18)19)13(11)15-10;1-4-7(5-2)6-3;;/h4,6-7,11,15H,1,5,8H2,2-3H3;4,6-7,11,16H,1,5,8,15H2,2-3H3;3,5-6,10,16H,1,4,7,15H2,2H3;3,5-6,10,15,17H,1,4,7,14H2,2H3;3,5-6,10,14-15H,1,4,7H2,2H3;4-6H2,1-3H3;2*1H2/t2*11-;3*10-;;;/m00000.../s1. The molecule has 106 heavy (non-hydrogen) atoms. The highest BCUT2D eigenvalue weighted by Crippen LogP contribution is 2.42. The number of nitrogen functional groups attached to an aromatic ring is 3. The molecule has 3 aliphatic heterocycles. The number of hydrogen-bond donors (Lipinski definition) is 10. The van der Waals surface area contributed by atoms with Gasteiger partial charge in [0.1, 0.15) is 22.7 Å². The van der Waals surface area contributed by atoms with Gasteiger partial charge in [-0.1, -0.05) is 67.1 Å². The van der Waals surface area contributed by atoms with E-state index in [1.807, 2.05) is 31.1 Å². The molecule has 5 aromatic carbocycles. The van der Waals surface area contributed by atoms with E-state index in [0.29, 0.717) is 88.9 Å². The third-order valence-corrected chi connectivity index (χ3v) is 17.4. The van der Waals surface area contributed by atoms with Crippen molar-refractivity contribution >= 4 is 157 Å². The number of carbonyl (C=O) groups is 5. The van der Waals surface area contributed by atoms with E-state index in [0.717, 1.165) is 30.8 Å². The SMILES string of the molecule is C=CC[C@@H](CBr)Nc1c(N)cc(C(C)=O)cc1[N+](=O)[O-].C=CC[C@@H](CO)Nc1c(N)cc(C(C)=O)cc1[N+](=O)[O-].C=CC[C@H]1CN(C)c2cc(C(C)=O)cc(N)c2N1.C=CC[C@H]1CN(C)c2cc(C(C)=O)cc([N+](=O)[O-])c2N1.C=CC[C@H]1CNc2cc(C(C)=O)cc([N+](=O)[O-])c2N1.CCN(CC)CC.S.S. The number of halogens is 1. The van der Waals surface area contributed by atoms with Gasteiger partial charge in [0.05, 0.1) is 72.2 Å². The van der Waals surface area contributed by atoms with Crippen LogP contribution in [0.3, 0.4) is 0 Å². The first-order valence-electron chi connectivity index (χ1n) is 33.4. The van der Waals surface area contributed by atoms with Crippen molar-refractivity contribution in [3.8, 4) is 0 Å². The first-order chi connectivity index (χ1) is 49.1. The topological polar surface area (TPSA) is 438 Å². The molecule has 3 heterocycles. The lowest BCUT2D eigenvalue weighted by Crippen LogP contribution is -2.39. The van der Waals surface area contributed by atoms with Crippen LogP contribution in [0, 0.1) is 40.5 Å². The van der Waals surface area contributed by atoms with Gasteiger partial charge < -0.3 is 68.9 Å². The number of ketones is 5. The van der Waals surface area contributed by atoms with Crippen LogP contribution in [0.15, 0.2) is 124 Å². The number of carbonyl (C=O) groups excluding carboxylic acids is 5. The fourth-order valence-electron chi connectivity index (χ4n) is 11.0. The van der Waals surface area contributed by atoms with Crippen molar-refractivity contribution in [2.75, 3.05) is 124 Å². The van der Waals surface area contributed by atoms with Gasteiger partial charge >= 0.3 is 0 Å². The number of anilines is 11. The second kappa shape index (κ2) is 45.8. The van der Waals surface area contributed by atoms with Gasteiger partial charge in [0.25, 0.3) is 22.7 Å². The zero-order chi connectivity index (χ0) is 78.4. The van der Waals surface area contributed by atoms with Crippen molar-refractivity contribution in [3.05, 3.63) is 192 Å². The number of fused-ring (bicyclic) bond motifs is 3. The third kappa shape index (κ3) is 27.3. The minimum Gasteiger partial charge on any atom is -0.397 e. The molecule has 0 unspecified atom stereocenters. The summed E-state index contributed by atoms with van der Waals surface area (Å²) in [7, 11) is 3.88. The number of nitrogens with one attached hydrogen (secondary N) is 6. The number of hydrogen-bond acceptors (Lipinski definition) is 26. The molecule has 3 aliphatic rings. The molecular formula is C73H103BrN16O14S2. The Labute approximate surface area is 641 Å². The fourth-order valence-corrected chi connectivity index (χ4v) is 11.4. The quantitative estimate of drug-likeness (QED) is 0.00555. The molecule has 578 valence electrons. The number of aliphatic hydroxyl groups is 1. The van der Waals surface area contributed by atoms with Gasteiger partial charge in [-0.3, -0.25) is 64.4 Å². The molecule has 5 atom stereocenters. The summed E-state index contributed by atoms with van der Waals surface area (Å²) in [6.07, 6.45) is 12.1. The monoisotopic (exact) mass is 1570 g/mol. The minimum atomic E-state index is -0.618.